The Labute approximate surface area is 115 Å². The minimum Gasteiger partial charge on any atom is -0.491 e. The van der Waals surface area contributed by atoms with Crippen LogP contribution in [0.2, 0.25) is 5.02 Å². The summed E-state index contributed by atoms with van der Waals surface area (Å²) in [5.74, 6) is 1.83. The van der Waals surface area contributed by atoms with Gasteiger partial charge in [0.2, 0.25) is 0 Å². The lowest BCUT2D eigenvalue weighted by Gasteiger charge is -2.18. The molecule has 1 aromatic rings. The molecule has 1 aliphatic rings. The SMILES string of the molecule is CCCOc1ccc(Cl)cc1NC(C)CC1CC1. The fraction of sp³-hybridized carbons (Fsp3) is 0.600. The molecular weight excluding hydrogens is 246 g/mol. The van der Waals surface area contributed by atoms with Gasteiger partial charge in [-0.1, -0.05) is 31.4 Å². The van der Waals surface area contributed by atoms with Crippen molar-refractivity contribution in [1.82, 2.24) is 0 Å². The van der Waals surface area contributed by atoms with Gasteiger partial charge in [-0.25, -0.2) is 0 Å². The monoisotopic (exact) mass is 267 g/mol. The van der Waals surface area contributed by atoms with Crippen LogP contribution in [-0.2, 0) is 0 Å². The lowest BCUT2D eigenvalue weighted by molar-refractivity contribution is 0.318. The molecule has 1 atom stereocenters. The van der Waals surface area contributed by atoms with Gasteiger partial charge in [-0.3, -0.25) is 0 Å². The summed E-state index contributed by atoms with van der Waals surface area (Å²) in [4.78, 5) is 0. The van der Waals surface area contributed by atoms with Crippen molar-refractivity contribution in [2.45, 2.75) is 45.6 Å². The highest BCUT2D eigenvalue weighted by Crippen LogP contribution is 2.35. The third kappa shape index (κ3) is 4.09. The van der Waals surface area contributed by atoms with Crippen molar-refractivity contribution in [2.75, 3.05) is 11.9 Å². The van der Waals surface area contributed by atoms with E-state index < -0.39 is 0 Å². The van der Waals surface area contributed by atoms with Crippen LogP contribution in [0, 0.1) is 5.92 Å². The molecule has 1 aromatic carbocycles. The van der Waals surface area contributed by atoms with Gasteiger partial charge in [0.1, 0.15) is 5.75 Å². The molecule has 2 nitrogen and oxygen atoms in total. The average molecular weight is 268 g/mol. The summed E-state index contributed by atoms with van der Waals surface area (Å²) in [6.45, 7) is 5.08. The first-order valence-corrected chi connectivity index (χ1v) is 7.25. The molecular formula is C15H22ClNO. The number of nitrogens with one attached hydrogen (secondary N) is 1. The van der Waals surface area contributed by atoms with Gasteiger partial charge in [0.25, 0.3) is 0 Å². The number of benzene rings is 1. The normalized spacial score (nSPS) is 16.4. The van der Waals surface area contributed by atoms with E-state index >= 15 is 0 Å². The van der Waals surface area contributed by atoms with Crippen molar-refractivity contribution in [3.05, 3.63) is 23.2 Å². The second kappa shape index (κ2) is 6.33. The fourth-order valence-corrected chi connectivity index (χ4v) is 2.30. The molecule has 2 rings (SSSR count). The smallest absolute Gasteiger partial charge is 0.142 e. The van der Waals surface area contributed by atoms with Crippen LogP contribution in [0.4, 0.5) is 5.69 Å². The van der Waals surface area contributed by atoms with Gasteiger partial charge in [0.05, 0.1) is 12.3 Å². The van der Waals surface area contributed by atoms with Crippen LogP contribution in [-0.4, -0.2) is 12.6 Å². The summed E-state index contributed by atoms with van der Waals surface area (Å²) < 4.78 is 5.74. The summed E-state index contributed by atoms with van der Waals surface area (Å²) in [7, 11) is 0. The molecule has 1 unspecified atom stereocenters. The van der Waals surface area contributed by atoms with Gasteiger partial charge in [-0.2, -0.15) is 0 Å². The quantitative estimate of drug-likeness (QED) is 0.771. The maximum atomic E-state index is 6.06. The molecule has 1 fully saturated rings. The van der Waals surface area contributed by atoms with Gasteiger partial charge in [0.15, 0.2) is 0 Å². The Morgan fingerprint density at radius 2 is 2.22 bits per heavy atom. The summed E-state index contributed by atoms with van der Waals surface area (Å²) in [6.07, 6.45) is 5.03. The Morgan fingerprint density at radius 3 is 2.89 bits per heavy atom. The van der Waals surface area contributed by atoms with Crippen LogP contribution in [0.1, 0.15) is 39.5 Å². The third-order valence-corrected chi connectivity index (χ3v) is 3.42. The number of halogens is 1. The van der Waals surface area contributed by atoms with E-state index in [1.54, 1.807) is 0 Å². The molecule has 0 amide bonds. The molecule has 3 heteroatoms. The lowest BCUT2D eigenvalue weighted by Crippen LogP contribution is -2.16. The Bertz CT molecular complexity index is 390. The Kier molecular flexibility index (Phi) is 4.76. The van der Waals surface area contributed by atoms with Gasteiger partial charge >= 0.3 is 0 Å². The van der Waals surface area contributed by atoms with Crippen molar-refractivity contribution in [1.29, 1.82) is 0 Å². The van der Waals surface area contributed by atoms with Crippen molar-refractivity contribution >= 4 is 17.3 Å². The fourth-order valence-electron chi connectivity index (χ4n) is 2.13. The van der Waals surface area contributed by atoms with Crippen LogP contribution in [0.5, 0.6) is 5.75 Å². The van der Waals surface area contributed by atoms with Crippen molar-refractivity contribution < 1.29 is 4.74 Å². The van der Waals surface area contributed by atoms with Crippen LogP contribution in [0.15, 0.2) is 18.2 Å². The van der Waals surface area contributed by atoms with Crippen LogP contribution < -0.4 is 10.1 Å². The average Bonchev–Trinajstić information content (AvgIpc) is 3.12. The highest BCUT2D eigenvalue weighted by atomic mass is 35.5. The first kappa shape index (κ1) is 13.5. The molecule has 0 radical (unpaired) electrons. The summed E-state index contributed by atoms with van der Waals surface area (Å²) in [5, 5.41) is 4.27. The third-order valence-electron chi connectivity index (χ3n) is 3.19. The minimum absolute atomic E-state index is 0.472. The molecule has 18 heavy (non-hydrogen) atoms. The van der Waals surface area contributed by atoms with Crippen LogP contribution in [0.25, 0.3) is 0 Å². The van der Waals surface area contributed by atoms with Crippen LogP contribution in [0.3, 0.4) is 0 Å². The predicted molar refractivity (Wildman–Crippen MR) is 77.7 cm³/mol. The highest BCUT2D eigenvalue weighted by molar-refractivity contribution is 6.30. The van der Waals surface area contributed by atoms with E-state index in [1.807, 2.05) is 18.2 Å². The zero-order chi connectivity index (χ0) is 13.0. The Balaban J connectivity index is 2.00. The summed E-state index contributed by atoms with van der Waals surface area (Å²) >= 11 is 6.06. The molecule has 0 aromatic heterocycles. The standard InChI is InChI=1S/C15H22ClNO/c1-3-8-18-15-7-6-13(16)10-14(15)17-11(2)9-12-4-5-12/h6-7,10-12,17H,3-5,8-9H2,1-2H3. The van der Waals surface area contributed by atoms with Crippen molar-refractivity contribution in [3.63, 3.8) is 0 Å². The van der Waals surface area contributed by atoms with E-state index in [-0.39, 0.29) is 0 Å². The first-order valence-electron chi connectivity index (χ1n) is 6.88. The molecule has 1 saturated carbocycles. The molecule has 0 bridgehead atoms. The van der Waals surface area contributed by atoms with E-state index in [0.717, 1.165) is 35.4 Å². The highest BCUT2D eigenvalue weighted by Gasteiger charge is 2.23. The van der Waals surface area contributed by atoms with E-state index in [0.29, 0.717) is 6.04 Å². The van der Waals surface area contributed by atoms with E-state index in [1.165, 1.54) is 19.3 Å². The molecule has 0 heterocycles. The van der Waals surface area contributed by atoms with E-state index in [2.05, 4.69) is 19.2 Å². The van der Waals surface area contributed by atoms with Crippen molar-refractivity contribution in [3.8, 4) is 5.75 Å². The van der Waals surface area contributed by atoms with Crippen molar-refractivity contribution in [2.24, 2.45) is 5.92 Å². The molecule has 1 N–H and O–H groups in total. The zero-order valence-electron chi connectivity index (χ0n) is 11.2. The maximum absolute atomic E-state index is 6.06. The molecule has 0 saturated heterocycles. The van der Waals surface area contributed by atoms with Gasteiger partial charge < -0.3 is 10.1 Å². The number of rotatable bonds is 7. The predicted octanol–water partition coefficient (Wildman–Crippen LogP) is 4.73. The van der Waals surface area contributed by atoms with Gasteiger partial charge in [0, 0.05) is 11.1 Å². The number of ether oxygens (including phenoxy) is 1. The second-order valence-electron chi connectivity index (χ2n) is 5.21. The number of anilines is 1. The second-order valence-corrected chi connectivity index (χ2v) is 5.65. The number of hydrogen-bond donors (Lipinski definition) is 1. The number of hydrogen-bond acceptors (Lipinski definition) is 2. The Morgan fingerprint density at radius 1 is 1.44 bits per heavy atom. The maximum Gasteiger partial charge on any atom is 0.142 e. The summed E-state index contributed by atoms with van der Waals surface area (Å²) in [6, 6.07) is 6.25. The lowest BCUT2D eigenvalue weighted by atomic mass is 10.1. The van der Waals surface area contributed by atoms with E-state index in [4.69, 9.17) is 16.3 Å². The minimum atomic E-state index is 0.472. The zero-order valence-corrected chi connectivity index (χ0v) is 12.0. The topological polar surface area (TPSA) is 21.3 Å². The molecule has 100 valence electrons. The molecule has 0 aliphatic heterocycles. The molecule has 1 aliphatic carbocycles. The van der Waals surface area contributed by atoms with Gasteiger partial charge in [-0.15, -0.1) is 0 Å². The molecule has 0 spiro atoms. The Hall–Kier alpha value is -0.890. The first-order chi connectivity index (χ1) is 8.69. The van der Waals surface area contributed by atoms with E-state index in [9.17, 15) is 0 Å². The van der Waals surface area contributed by atoms with Gasteiger partial charge in [-0.05, 0) is 43.9 Å². The summed E-state index contributed by atoms with van der Waals surface area (Å²) in [5.41, 5.74) is 1.02. The van der Waals surface area contributed by atoms with Crippen LogP contribution >= 0.6 is 11.6 Å². The largest absolute Gasteiger partial charge is 0.491 e.